The SMILES string of the molecule is C=C(Cc1ccc2[nH]c(=O)oc2c1)C(=O)O. The van der Waals surface area contributed by atoms with Crippen molar-refractivity contribution in [3.05, 3.63) is 46.5 Å². The number of carboxylic acids is 1. The number of benzene rings is 1. The van der Waals surface area contributed by atoms with E-state index in [0.29, 0.717) is 11.1 Å². The molecule has 5 nitrogen and oxygen atoms in total. The molecule has 0 atom stereocenters. The molecule has 0 saturated heterocycles. The average Bonchev–Trinajstić information content (AvgIpc) is 2.57. The summed E-state index contributed by atoms with van der Waals surface area (Å²) in [6.45, 7) is 3.44. The Hall–Kier alpha value is -2.30. The van der Waals surface area contributed by atoms with Crippen LogP contribution in [0.1, 0.15) is 5.56 Å². The number of hydrogen-bond acceptors (Lipinski definition) is 3. The van der Waals surface area contributed by atoms with Crippen molar-refractivity contribution in [1.29, 1.82) is 0 Å². The molecule has 0 bridgehead atoms. The maximum Gasteiger partial charge on any atom is 0.417 e. The summed E-state index contributed by atoms with van der Waals surface area (Å²) in [6, 6.07) is 5.02. The van der Waals surface area contributed by atoms with Crippen molar-refractivity contribution in [1.82, 2.24) is 4.98 Å². The summed E-state index contributed by atoms with van der Waals surface area (Å²) >= 11 is 0. The van der Waals surface area contributed by atoms with Crippen LogP contribution in [0.15, 0.2) is 39.6 Å². The van der Waals surface area contributed by atoms with Gasteiger partial charge >= 0.3 is 11.7 Å². The summed E-state index contributed by atoms with van der Waals surface area (Å²) in [7, 11) is 0. The van der Waals surface area contributed by atoms with Gasteiger partial charge in [-0.1, -0.05) is 12.6 Å². The molecule has 1 aromatic carbocycles. The number of aromatic amines is 1. The first-order valence-electron chi connectivity index (χ1n) is 4.59. The maximum absolute atomic E-state index is 10.9. The number of hydrogen-bond donors (Lipinski definition) is 2. The molecule has 0 fully saturated rings. The van der Waals surface area contributed by atoms with Crippen LogP contribution in [0.5, 0.6) is 0 Å². The van der Waals surface area contributed by atoms with Crippen LogP contribution in [0.3, 0.4) is 0 Å². The third-order valence-electron chi connectivity index (χ3n) is 2.21. The Kier molecular flexibility index (Phi) is 2.36. The summed E-state index contributed by atoms with van der Waals surface area (Å²) < 4.78 is 4.86. The van der Waals surface area contributed by atoms with E-state index < -0.39 is 11.7 Å². The van der Waals surface area contributed by atoms with Gasteiger partial charge in [0.2, 0.25) is 0 Å². The van der Waals surface area contributed by atoms with Crippen molar-refractivity contribution in [2.75, 3.05) is 0 Å². The Bertz CT molecular complexity index is 620. The monoisotopic (exact) mass is 219 g/mol. The van der Waals surface area contributed by atoms with Gasteiger partial charge in [-0.15, -0.1) is 0 Å². The van der Waals surface area contributed by atoms with Crippen LogP contribution in [0.2, 0.25) is 0 Å². The molecule has 2 aromatic rings. The highest BCUT2D eigenvalue weighted by Gasteiger charge is 2.07. The molecule has 1 heterocycles. The molecule has 2 N–H and O–H groups in total. The molecule has 0 aliphatic heterocycles. The summed E-state index contributed by atoms with van der Waals surface area (Å²) in [4.78, 5) is 24.0. The standard InChI is InChI=1S/C11H9NO4/c1-6(10(13)14)4-7-2-3-8-9(5-7)16-11(15)12-8/h2-3,5H,1,4H2,(H,12,15)(H,13,14). The number of oxazole rings is 1. The fourth-order valence-electron chi connectivity index (χ4n) is 1.42. The Labute approximate surface area is 90.0 Å². The number of carboxylic acid groups (broad SMARTS) is 1. The number of H-pyrrole nitrogens is 1. The minimum atomic E-state index is -1.03. The molecule has 16 heavy (non-hydrogen) atoms. The summed E-state index contributed by atoms with van der Waals surface area (Å²) in [5.41, 5.74) is 1.84. The van der Waals surface area contributed by atoms with Gasteiger partial charge in [0.05, 0.1) is 5.52 Å². The molecule has 0 saturated carbocycles. The van der Waals surface area contributed by atoms with E-state index in [9.17, 15) is 9.59 Å². The minimum absolute atomic E-state index is 0.0947. The van der Waals surface area contributed by atoms with E-state index in [0.717, 1.165) is 5.56 Å². The predicted molar refractivity (Wildman–Crippen MR) is 57.3 cm³/mol. The highest BCUT2D eigenvalue weighted by atomic mass is 16.4. The van der Waals surface area contributed by atoms with Gasteiger partial charge in [0.1, 0.15) is 0 Å². The van der Waals surface area contributed by atoms with E-state index in [2.05, 4.69) is 11.6 Å². The Balaban J connectivity index is 2.36. The second kappa shape index (κ2) is 3.69. The Morgan fingerprint density at radius 2 is 2.25 bits per heavy atom. The van der Waals surface area contributed by atoms with E-state index >= 15 is 0 Å². The van der Waals surface area contributed by atoms with Gasteiger partial charge < -0.3 is 9.52 Å². The lowest BCUT2D eigenvalue weighted by Crippen LogP contribution is -2.01. The van der Waals surface area contributed by atoms with E-state index in [-0.39, 0.29) is 12.0 Å². The number of fused-ring (bicyclic) bond motifs is 1. The molecule has 0 aliphatic rings. The van der Waals surface area contributed by atoms with E-state index in [1.807, 2.05) is 0 Å². The molecule has 0 unspecified atom stereocenters. The van der Waals surface area contributed by atoms with Crippen LogP contribution < -0.4 is 5.76 Å². The predicted octanol–water partition coefficient (Wildman–Crippen LogP) is 1.30. The zero-order valence-electron chi connectivity index (χ0n) is 8.32. The van der Waals surface area contributed by atoms with Crippen molar-refractivity contribution >= 4 is 17.1 Å². The molecule has 0 amide bonds. The molecular formula is C11H9NO4. The highest BCUT2D eigenvalue weighted by molar-refractivity contribution is 5.86. The maximum atomic E-state index is 10.9. The second-order valence-electron chi connectivity index (χ2n) is 3.43. The van der Waals surface area contributed by atoms with Crippen molar-refractivity contribution in [3.63, 3.8) is 0 Å². The number of carbonyl (C=O) groups is 1. The number of nitrogens with one attached hydrogen (secondary N) is 1. The summed E-state index contributed by atoms with van der Waals surface area (Å²) in [5, 5.41) is 8.68. The van der Waals surface area contributed by atoms with Gasteiger partial charge in [-0.2, -0.15) is 0 Å². The van der Waals surface area contributed by atoms with Crippen LogP contribution in [-0.2, 0) is 11.2 Å². The van der Waals surface area contributed by atoms with Crippen molar-refractivity contribution < 1.29 is 14.3 Å². The van der Waals surface area contributed by atoms with Gasteiger partial charge in [0, 0.05) is 12.0 Å². The van der Waals surface area contributed by atoms with Crippen LogP contribution in [0, 0.1) is 0 Å². The fourth-order valence-corrected chi connectivity index (χ4v) is 1.42. The zero-order chi connectivity index (χ0) is 11.7. The number of aliphatic carboxylic acids is 1. The molecule has 0 spiro atoms. The van der Waals surface area contributed by atoms with Crippen molar-refractivity contribution in [3.8, 4) is 0 Å². The quantitative estimate of drug-likeness (QED) is 0.762. The molecule has 5 heteroatoms. The summed E-state index contributed by atoms with van der Waals surface area (Å²) in [6.07, 6.45) is 0.222. The normalized spacial score (nSPS) is 10.5. The molecule has 82 valence electrons. The summed E-state index contributed by atoms with van der Waals surface area (Å²) in [5.74, 6) is -1.56. The van der Waals surface area contributed by atoms with Crippen LogP contribution in [0.25, 0.3) is 11.1 Å². The average molecular weight is 219 g/mol. The zero-order valence-corrected chi connectivity index (χ0v) is 8.32. The van der Waals surface area contributed by atoms with Gasteiger partial charge in [-0.25, -0.2) is 9.59 Å². The number of rotatable bonds is 3. The Morgan fingerprint density at radius 3 is 2.94 bits per heavy atom. The second-order valence-corrected chi connectivity index (χ2v) is 3.43. The highest BCUT2D eigenvalue weighted by Crippen LogP contribution is 2.14. The van der Waals surface area contributed by atoms with E-state index in [1.54, 1.807) is 18.2 Å². The molecule has 0 radical (unpaired) electrons. The number of aromatic nitrogens is 1. The van der Waals surface area contributed by atoms with Gasteiger partial charge in [-0.05, 0) is 17.7 Å². The van der Waals surface area contributed by atoms with Crippen molar-refractivity contribution in [2.24, 2.45) is 0 Å². The van der Waals surface area contributed by atoms with Gasteiger partial charge in [0.25, 0.3) is 0 Å². The van der Waals surface area contributed by atoms with Gasteiger partial charge in [-0.3, -0.25) is 4.98 Å². The lowest BCUT2D eigenvalue weighted by molar-refractivity contribution is -0.132. The lowest BCUT2D eigenvalue weighted by atomic mass is 10.1. The largest absolute Gasteiger partial charge is 0.478 e. The first kappa shape index (κ1) is 10.2. The Morgan fingerprint density at radius 1 is 1.50 bits per heavy atom. The third-order valence-corrected chi connectivity index (χ3v) is 2.21. The molecule has 1 aromatic heterocycles. The van der Waals surface area contributed by atoms with Gasteiger partial charge in [0.15, 0.2) is 5.58 Å². The smallest absolute Gasteiger partial charge is 0.417 e. The first-order chi connectivity index (χ1) is 7.56. The van der Waals surface area contributed by atoms with E-state index in [4.69, 9.17) is 9.52 Å². The molecule has 0 aliphatic carbocycles. The van der Waals surface area contributed by atoms with Crippen molar-refractivity contribution in [2.45, 2.75) is 6.42 Å². The third kappa shape index (κ3) is 1.88. The lowest BCUT2D eigenvalue weighted by Gasteiger charge is -2.00. The molecular weight excluding hydrogens is 210 g/mol. The molecule has 2 rings (SSSR count). The van der Waals surface area contributed by atoms with Crippen LogP contribution >= 0.6 is 0 Å². The van der Waals surface area contributed by atoms with Crippen LogP contribution in [-0.4, -0.2) is 16.1 Å². The van der Waals surface area contributed by atoms with Crippen LogP contribution in [0.4, 0.5) is 0 Å². The minimum Gasteiger partial charge on any atom is -0.478 e. The van der Waals surface area contributed by atoms with E-state index in [1.165, 1.54) is 0 Å². The first-order valence-corrected chi connectivity index (χ1v) is 4.59. The fraction of sp³-hybridized carbons (Fsp3) is 0.0909. The topological polar surface area (TPSA) is 83.3 Å².